The van der Waals surface area contributed by atoms with Crippen LogP contribution in [0.1, 0.15) is 38.5 Å². The summed E-state index contributed by atoms with van der Waals surface area (Å²) in [4.78, 5) is 0. The first-order valence-corrected chi connectivity index (χ1v) is 5.48. The van der Waals surface area contributed by atoms with Gasteiger partial charge < -0.3 is 0 Å². The molecule has 0 saturated carbocycles. The normalized spacial score (nSPS) is 9.45. The van der Waals surface area contributed by atoms with Gasteiger partial charge in [0.1, 0.15) is 0 Å². The van der Waals surface area contributed by atoms with Crippen molar-refractivity contribution < 1.29 is 0 Å². The SMILES string of the molecule is C#CCCCCCC[CH]SC. The van der Waals surface area contributed by atoms with E-state index in [0.29, 0.717) is 0 Å². The summed E-state index contributed by atoms with van der Waals surface area (Å²) in [6.07, 6.45) is 14.6. The highest BCUT2D eigenvalue weighted by Crippen LogP contribution is 2.10. The zero-order chi connectivity index (χ0) is 8.36. The standard InChI is InChI=1S/C10H17S/c1-3-4-5-6-7-8-9-10-11-2/h1,10H,4-9H2,2H3. The largest absolute Gasteiger partial charge is 0.161 e. The summed E-state index contributed by atoms with van der Waals surface area (Å²) in [7, 11) is 0. The van der Waals surface area contributed by atoms with Gasteiger partial charge in [-0.15, -0.1) is 12.3 Å². The van der Waals surface area contributed by atoms with E-state index in [1.807, 2.05) is 11.8 Å². The van der Waals surface area contributed by atoms with Gasteiger partial charge in [-0.3, -0.25) is 0 Å². The second kappa shape index (κ2) is 9.91. The molecule has 0 bridgehead atoms. The topological polar surface area (TPSA) is 0 Å². The Morgan fingerprint density at radius 3 is 2.64 bits per heavy atom. The molecule has 1 radical (unpaired) electrons. The molecule has 0 spiro atoms. The van der Waals surface area contributed by atoms with Crippen LogP contribution in [0.3, 0.4) is 0 Å². The minimum absolute atomic E-state index is 0.951. The van der Waals surface area contributed by atoms with Crippen LogP contribution in [0.25, 0.3) is 0 Å². The Morgan fingerprint density at radius 2 is 2.00 bits per heavy atom. The van der Waals surface area contributed by atoms with Crippen molar-refractivity contribution in [1.29, 1.82) is 0 Å². The third-order valence-electron chi connectivity index (χ3n) is 1.56. The monoisotopic (exact) mass is 169 g/mol. The number of terminal acetylenes is 1. The van der Waals surface area contributed by atoms with E-state index >= 15 is 0 Å². The van der Waals surface area contributed by atoms with E-state index in [0.717, 1.165) is 6.42 Å². The summed E-state index contributed by atoms with van der Waals surface area (Å²) in [5.74, 6) is 4.92. The Bertz CT molecular complexity index is 102. The lowest BCUT2D eigenvalue weighted by Gasteiger charge is -1.97. The molecule has 0 unspecified atom stereocenters. The van der Waals surface area contributed by atoms with Crippen molar-refractivity contribution >= 4 is 11.8 Å². The summed E-state index contributed by atoms with van der Waals surface area (Å²) in [5.41, 5.74) is 0. The summed E-state index contributed by atoms with van der Waals surface area (Å²) in [6.45, 7) is 0. The molecule has 0 saturated heterocycles. The van der Waals surface area contributed by atoms with Crippen molar-refractivity contribution in [1.82, 2.24) is 0 Å². The van der Waals surface area contributed by atoms with Gasteiger partial charge in [0.05, 0.1) is 0 Å². The molecule has 0 aromatic rings. The van der Waals surface area contributed by atoms with Gasteiger partial charge in [0, 0.05) is 12.2 Å². The highest BCUT2D eigenvalue weighted by atomic mass is 32.2. The van der Waals surface area contributed by atoms with Crippen molar-refractivity contribution in [2.24, 2.45) is 0 Å². The van der Waals surface area contributed by atoms with Crippen LogP contribution in [0, 0.1) is 18.1 Å². The molecule has 0 nitrogen and oxygen atoms in total. The molecule has 11 heavy (non-hydrogen) atoms. The fraction of sp³-hybridized carbons (Fsp3) is 0.700. The zero-order valence-corrected chi connectivity index (χ0v) is 8.12. The van der Waals surface area contributed by atoms with Gasteiger partial charge in [0.15, 0.2) is 0 Å². The second-order valence-electron chi connectivity index (χ2n) is 2.56. The van der Waals surface area contributed by atoms with Gasteiger partial charge in [-0.2, -0.15) is 11.8 Å². The molecule has 1 heteroatoms. The van der Waals surface area contributed by atoms with Gasteiger partial charge in [0.2, 0.25) is 0 Å². The molecule has 0 rings (SSSR count). The van der Waals surface area contributed by atoms with Crippen LogP contribution in [0.4, 0.5) is 0 Å². The Kier molecular flexibility index (Phi) is 9.83. The highest BCUT2D eigenvalue weighted by Gasteiger charge is 1.88. The van der Waals surface area contributed by atoms with Crippen molar-refractivity contribution in [2.45, 2.75) is 38.5 Å². The molecule has 0 N–H and O–H groups in total. The molecule has 0 fully saturated rings. The van der Waals surface area contributed by atoms with E-state index in [-0.39, 0.29) is 0 Å². The molecule has 0 atom stereocenters. The molecule has 0 heterocycles. The lowest BCUT2D eigenvalue weighted by Crippen LogP contribution is -1.77. The lowest BCUT2D eigenvalue weighted by atomic mass is 10.1. The molecule has 0 aliphatic heterocycles. The van der Waals surface area contributed by atoms with Gasteiger partial charge in [-0.05, 0) is 19.1 Å². The second-order valence-corrected chi connectivity index (χ2v) is 3.36. The van der Waals surface area contributed by atoms with Gasteiger partial charge in [-0.1, -0.05) is 19.3 Å². The quantitative estimate of drug-likeness (QED) is 0.415. The van der Waals surface area contributed by atoms with Crippen molar-refractivity contribution in [2.75, 3.05) is 6.26 Å². The number of thioether (sulfide) groups is 1. The maximum atomic E-state index is 5.13. The smallest absolute Gasteiger partial charge is 0.0163 e. The molecule has 63 valence electrons. The van der Waals surface area contributed by atoms with E-state index < -0.39 is 0 Å². The Morgan fingerprint density at radius 1 is 1.27 bits per heavy atom. The predicted octanol–water partition coefficient (Wildman–Crippen LogP) is 3.48. The number of unbranched alkanes of at least 4 members (excludes halogenated alkanes) is 5. The Labute approximate surface area is 75.1 Å². The maximum absolute atomic E-state index is 5.13. The number of hydrogen-bond acceptors (Lipinski definition) is 1. The number of rotatable bonds is 7. The first-order chi connectivity index (χ1) is 5.41. The van der Waals surface area contributed by atoms with E-state index in [1.54, 1.807) is 0 Å². The lowest BCUT2D eigenvalue weighted by molar-refractivity contribution is 0.654. The molecular weight excluding hydrogens is 152 g/mol. The fourth-order valence-electron chi connectivity index (χ4n) is 0.926. The van der Waals surface area contributed by atoms with Crippen LogP contribution in [-0.2, 0) is 0 Å². The van der Waals surface area contributed by atoms with Gasteiger partial charge in [0.25, 0.3) is 0 Å². The first kappa shape index (κ1) is 10.9. The van der Waals surface area contributed by atoms with Crippen LogP contribution in [0.2, 0.25) is 0 Å². The Hall–Kier alpha value is -0.0900. The van der Waals surface area contributed by atoms with Crippen molar-refractivity contribution in [3.05, 3.63) is 5.75 Å². The van der Waals surface area contributed by atoms with Crippen molar-refractivity contribution in [3.63, 3.8) is 0 Å². The van der Waals surface area contributed by atoms with Gasteiger partial charge >= 0.3 is 0 Å². The van der Waals surface area contributed by atoms with Crippen LogP contribution < -0.4 is 0 Å². The van der Waals surface area contributed by atoms with E-state index in [4.69, 9.17) is 6.42 Å². The van der Waals surface area contributed by atoms with Crippen molar-refractivity contribution in [3.8, 4) is 12.3 Å². The molecule has 0 amide bonds. The zero-order valence-electron chi connectivity index (χ0n) is 7.31. The van der Waals surface area contributed by atoms with Crippen LogP contribution in [0.5, 0.6) is 0 Å². The summed E-state index contributed by atoms with van der Waals surface area (Å²) >= 11 is 1.81. The highest BCUT2D eigenvalue weighted by molar-refractivity contribution is 8.00. The summed E-state index contributed by atoms with van der Waals surface area (Å²) in [5, 5.41) is 0. The minimum atomic E-state index is 0.951. The predicted molar refractivity (Wildman–Crippen MR) is 54.4 cm³/mol. The fourth-order valence-corrected chi connectivity index (χ4v) is 1.33. The summed E-state index contributed by atoms with van der Waals surface area (Å²) < 4.78 is 0. The van der Waals surface area contributed by atoms with Crippen LogP contribution in [0.15, 0.2) is 0 Å². The molecule has 0 aliphatic carbocycles. The third kappa shape index (κ3) is 9.91. The van der Waals surface area contributed by atoms with E-state index in [1.165, 1.54) is 32.1 Å². The molecular formula is C10H17S. The first-order valence-electron chi connectivity index (χ1n) is 4.19. The van der Waals surface area contributed by atoms with E-state index in [9.17, 15) is 0 Å². The molecule has 0 aliphatic rings. The molecule has 0 aromatic heterocycles. The van der Waals surface area contributed by atoms with Crippen LogP contribution >= 0.6 is 11.8 Å². The Balaban J connectivity index is 2.75. The van der Waals surface area contributed by atoms with Gasteiger partial charge in [-0.25, -0.2) is 0 Å². The average molecular weight is 169 g/mol. The average Bonchev–Trinajstić information content (AvgIpc) is 2.03. The van der Waals surface area contributed by atoms with E-state index in [2.05, 4.69) is 17.9 Å². The third-order valence-corrected chi connectivity index (χ3v) is 2.13. The summed E-state index contributed by atoms with van der Waals surface area (Å²) in [6, 6.07) is 0. The maximum Gasteiger partial charge on any atom is 0.0163 e. The number of hydrogen-bond donors (Lipinski definition) is 0. The van der Waals surface area contributed by atoms with Crippen LogP contribution in [-0.4, -0.2) is 6.26 Å². The molecule has 0 aromatic carbocycles. The minimum Gasteiger partial charge on any atom is -0.161 e.